The maximum absolute atomic E-state index is 12.3. The van der Waals surface area contributed by atoms with Gasteiger partial charge in [-0.2, -0.15) is 0 Å². The Morgan fingerprint density at radius 1 is 0.952 bits per heavy atom. The molecule has 0 bridgehead atoms. The van der Waals surface area contributed by atoms with E-state index in [4.69, 9.17) is 0 Å². The van der Waals surface area contributed by atoms with Crippen LogP contribution < -0.4 is 0 Å². The van der Waals surface area contributed by atoms with Crippen LogP contribution >= 0.6 is 0 Å². The summed E-state index contributed by atoms with van der Waals surface area (Å²) in [5.74, 6) is 0.296. The van der Waals surface area contributed by atoms with Crippen molar-refractivity contribution < 1.29 is 4.79 Å². The van der Waals surface area contributed by atoms with E-state index in [0.29, 0.717) is 12.3 Å². The first-order valence-corrected chi connectivity index (χ1v) is 8.25. The minimum absolute atomic E-state index is 0.296. The van der Waals surface area contributed by atoms with E-state index in [-0.39, 0.29) is 0 Å². The van der Waals surface area contributed by atoms with Gasteiger partial charge in [-0.3, -0.25) is 9.69 Å². The fourth-order valence-electron chi connectivity index (χ4n) is 2.50. The van der Waals surface area contributed by atoms with Crippen LogP contribution in [0.2, 0.25) is 0 Å². The summed E-state index contributed by atoms with van der Waals surface area (Å²) in [6.07, 6.45) is 2.70. The lowest BCUT2D eigenvalue weighted by Gasteiger charge is -2.24. The molecule has 3 heteroatoms. The van der Waals surface area contributed by atoms with Crippen LogP contribution in [0.25, 0.3) is 0 Å². The second kappa shape index (κ2) is 10.4. The van der Waals surface area contributed by atoms with Crippen LogP contribution in [0, 0.1) is 0 Å². The number of hydrogen-bond donors (Lipinski definition) is 0. The zero-order chi connectivity index (χ0) is 15.5. The molecule has 118 valence electrons. The highest BCUT2D eigenvalue weighted by molar-refractivity contribution is 5.76. The normalized spacial score (nSPS) is 10.9. The number of rotatable bonds is 10. The van der Waals surface area contributed by atoms with Crippen LogP contribution in [-0.2, 0) is 11.3 Å². The number of hydrogen-bond acceptors (Lipinski definition) is 2. The minimum Gasteiger partial charge on any atom is -0.343 e. The summed E-state index contributed by atoms with van der Waals surface area (Å²) in [5.41, 5.74) is 1.31. The number of carbonyl (C=O) groups excluding carboxylic acids is 1. The molecular formula is C18H30N2O. The Labute approximate surface area is 129 Å². The maximum atomic E-state index is 12.3. The Balaban J connectivity index is 2.44. The summed E-state index contributed by atoms with van der Waals surface area (Å²) in [4.78, 5) is 16.6. The Morgan fingerprint density at radius 2 is 1.57 bits per heavy atom. The summed E-state index contributed by atoms with van der Waals surface area (Å²) >= 11 is 0. The number of amides is 1. The van der Waals surface area contributed by atoms with Crippen LogP contribution in [-0.4, -0.2) is 41.9 Å². The molecule has 0 spiro atoms. The third kappa shape index (κ3) is 6.76. The maximum Gasteiger partial charge on any atom is 0.223 e. The topological polar surface area (TPSA) is 23.6 Å². The second-order valence-electron chi connectivity index (χ2n) is 5.49. The van der Waals surface area contributed by atoms with E-state index in [9.17, 15) is 4.79 Å². The highest BCUT2D eigenvalue weighted by Gasteiger charge is 2.13. The quantitative estimate of drug-likeness (QED) is 0.658. The SMILES string of the molecule is CCCN(CCC)C(=O)CCN(CC)Cc1ccccc1. The molecule has 1 aromatic rings. The van der Waals surface area contributed by atoms with Crippen molar-refractivity contribution in [3.63, 3.8) is 0 Å². The molecule has 0 fully saturated rings. The fraction of sp³-hybridized carbons (Fsp3) is 0.611. The van der Waals surface area contributed by atoms with Gasteiger partial charge in [0.05, 0.1) is 0 Å². The first-order chi connectivity index (χ1) is 10.2. The van der Waals surface area contributed by atoms with Crippen LogP contribution in [0.4, 0.5) is 0 Å². The van der Waals surface area contributed by atoms with Gasteiger partial charge in [0.2, 0.25) is 5.91 Å². The fourth-order valence-corrected chi connectivity index (χ4v) is 2.50. The van der Waals surface area contributed by atoms with E-state index in [0.717, 1.165) is 45.6 Å². The minimum atomic E-state index is 0.296. The van der Waals surface area contributed by atoms with Crippen LogP contribution in [0.3, 0.4) is 0 Å². The van der Waals surface area contributed by atoms with E-state index < -0.39 is 0 Å². The molecule has 0 aliphatic carbocycles. The molecule has 1 amide bonds. The molecule has 0 aliphatic heterocycles. The largest absolute Gasteiger partial charge is 0.343 e. The average Bonchev–Trinajstić information content (AvgIpc) is 2.51. The van der Waals surface area contributed by atoms with Gasteiger partial charge in [0.1, 0.15) is 0 Å². The average molecular weight is 290 g/mol. The molecule has 21 heavy (non-hydrogen) atoms. The van der Waals surface area contributed by atoms with E-state index >= 15 is 0 Å². The zero-order valence-corrected chi connectivity index (χ0v) is 13.8. The van der Waals surface area contributed by atoms with Gasteiger partial charge in [0.25, 0.3) is 0 Å². The number of nitrogens with zero attached hydrogens (tertiary/aromatic N) is 2. The van der Waals surface area contributed by atoms with Crippen LogP contribution in [0.15, 0.2) is 30.3 Å². The first kappa shape index (κ1) is 17.7. The molecule has 0 saturated heterocycles. The van der Waals surface area contributed by atoms with Gasteiger partial charge in [-0.05, 0) is 24.9 Å². The van der Waals surface area contributed by atoms with Crippen molar-refractivity contribution in [2.75, 3.05) is 26.2 Å². The first-order valence-electron chi connectivity index (χ1n) is 8.25. The Bertz CT molecular complexity index is 385. The van der Waals surface area contributed by atoms with Crippen LogP contribution in [0.5, 0.6) is 0 Å². The smallest absolute Gasteiger partial charge is 0.223 e. The van der Waals surface area contributed by atoms with Gasteiger partial charge in [0, 0.05) is 32.6 Å². The zero-order valence-electron chi connectivity index (χ0n) is 13.8. The monoisotopic (exact) mass is 290 g/mol. The molecule has 0 aliphatic rings. The van der Waals surface area contributed by atoms with Crippen LogP contribution in [0.1, 0.15) is 45.6 Å². The van der Waals surface area contributed by atoms with E-state index in [1.807, 2.05) is 11.0 Å². The molecule has 1 rings (SSSR count). The van der Waals surface area contributed by atoms with Gasteiger partial charge in [0.15, 0.2) is 0 Å². The summed E-state index contributed by atoms with van der Waals surface area (Å²) in [5, 5.41) is 0. The summed E-state index contributed by atoms with van der Waals surface area (Å²) < 4.78 is 0. The summed E-state index contributed by atoms with van der Waals surface area (Å²) in [6.45, 7) is 10.9. The van der Waals surface area contributed by atoms with E-state index in [1.165, 1.54) is 5.56 Å². The lowest BCUT2D eigenvalue weighted by Crippen LogP contribution is -2.35. The molecule has 0 unspecified atom stereocenters. The molecule has 1 aromatic carbocycles. The van der Waals surface area contributed by atoms with Gasteiger partial charge in [-0.1, -0.05) is 51.1 Å². The van der Waals surface area contributed by atoms with Gasteiger partial charge in [-0.25, -0.2) is 0 Å². The standard InChI is InChI=1S/C18H30N2O/c1-4-13-20(14-5-2)18(21)12-15-19(6-3)16-17-10-8-7-9-11-17/h7-11H,4-6,12-16H2,1-3H3. The van der Waals surface area contributed by atoms with Crippen molar-refractivity contribution in [3.05, 3.63) is 35.9 Å². The van der Waals surface area contributed by atoms with Crippen molar-refractivity contribution >= 4 is 5.91 Å². The third-order valence-electron chi connectivity index (χ3n) is 3.68. The highest BCUT2D eigenvalue weighted by Crippen LogP contribution is 2.06. The second-order valence-corrected chi connectivity index (χ2v) is 5.49. The lowest BCUT2D eigenvalue weighted by molar-refractivity contribution is -0.131. The van der Waals surface area contributed by atoms with Crippen molar-refractivity contribution in [2.24, 2.45) is 0 Å². The van der Waals surface area contributed by atoms with Gasteiger partial charge >= 0.3 is 0 Å². The molecule has 0 radical (unpaired) electrons. The third-order valence-corrected chi connectivity index (χ3v) is 3.68. The summed E-state index contributed by atoms with van der Waals surface area (Å²) in [7, 11) is 0. The van der Waals surface area contributed by atoms with E-state index in [1.54, 1.807) is 0 Å². The predicted octanol–water partition coefficient (Wildman–Crippen LogP) is 3.55. The molecule has 0 heterocycles. The Morgan fingerprint density at radius 3 is 2.10 bits per heavy atom. The van der Waals surface area contributed by atoms with Crippen molar-refractivity contribution in [1.82, 2.24) is 9.80 Å². The lowest BCUT2D eigenvalue weighted by atomic mass is 10.2. The highest BCUT2D eigenvalue weighted by atomic mass is 16.2. The molecule has 3 nitrogen and oxygen atoms in total. The van der Waals surface area contributed by atoms with E-state index in [2.05, 4.69) is 49.9 Å². The van der Waals surface area contributed by atoms with Crippen molar-refractivity contribution in [2.45, 2.75) is 46.6 Å². The predicted molar refractivity (Wildman–Crippen MR) is 89.2 cm³/mol. The Hall–Kier alpha value is -1.35. The Kier molecular flexibility index (Phi) is 8.76. The van der Waals surface area contributed by atoms with Crippen molar-refractivity contribution in [1.29, 1.82) is 0 Å². The summed E-state index contributed by atoms with van der Waals surface area (Å²) in [6, 6.07) is 10.5. The number of carbonyl (C=O) groups is 1. The van der Waals surface area contributed by atoms with Gasteiger partial charge < -0.3 is 4.90 Å². The molecule has 0 aromatic heterocycles. The van der Waals surface area contributed by atoms with Crippen molar-refractivity contribution in [3.8, 4) is 0 Å². The molecule has 0 atom stereocenters. The van der Waals surface area contributed by atoms with Gasteiger partial charge in [-0.15, -0.1) is 0 Å². The molecule has 0 N–H and O–H groups in total. The molecule has 0 saturated carbocycles. The molecular weight excluding hydrogens is 260 g/mol. The number of benzene rings is 1.